The van der Waals surface area contributed by atoms with Crippen LogP contribution in [0.5, 0.6) is 0 Å². The Morgan fingerprint density at radius 1 is 1.47 bits per heavy atom. The van der Waals surface area contributed by atoms with E-state index in [2.05, 4.69) is 16.6 Å². The summed E-state index contributed by atoms with van der Waals surface area (Å²) in [6.45, 7) is 5.72. The maximum absolute atomic E-state index is 11.2. The largest absolute Gasteiger partial charge is 0.381 e. The molecule has 0 radical (unpaired) electrons. The Bertz CT molecular complexity index is 544. The summed E-state index contributed by atoms with van der Waals surface area (Å²) >= 11 is 6.09. The van der Waals surface area contributed by atoms with E-state index in [0.29, 0.717) is 16.4 Å². The lowest BCUT2D eigenvalue weighted by Gasteiger charge is -2.16. The molecule has 2 N–H and O–H groups in total. The van der Waals surface area contributed by atoms with Gasteiger partial charge in [0.1, 0.15) is 0 Å². The standard InChI is InChI=1S/C13H19ClN2O2S/c1-4-5-6-10(2)15-13-9-11(7-8-12(13)14)16-19(3,17)18/h4,7-10,15-16H,1,5-6H2,2-3H3. The number of halogens is 1. The SMILES string of the molecule is C=CCCC(C)Nc1cc(NS(C)(=O)=O)ccc1Cl. The van der Waals surface area contributed by atoms with Gasteiger partial charge in [0.05, 0.1) is 22.7 Å². The smallest absolute Gasteiger partial charge is 0.229 e. The number of sulfonamides is 1. The van der Waals surface area contributed by atoms with Crippen LogP contribution in [0.4, 0.5) is 11.4 Å². The Labute approximate surface area is 119 Å². The minimum Gasteiger partial charge on any atom is -0.381 e. The van der Waals surface area contributed by atoms with E-state index in [4.69, 9.17) is 11.6 Å². The lowest BCUT2D eigenvalue weighted by molar-refractivity contribution is 0.607. The molecule has 1 atom stereocenters. The van der Waals surface area contributed by atoms with Crippen LogP contribution in [-0.2, 0) is 10.0 Å². The highest BCUT2D eigenvalue weighted by Crippen LogP contribution is 2.27. The average Bonchev–Trinajstić information content (AvgIpc) is 2.29. The molecular weight excluding hydrogens is 284 g/mol. The van der Waals surface area contributed by atoms with Crippen LogP contribution in [0.2, 0.25) is 5.02 Å². The van der Waals surface area contributed by atoms with E-state index >= 15 is 0 Å². The zero-order valence-corrected chi connectivity index (χ0v) is 12.7. The van der Waals surface area contributed by atoms with Gasteiger partial charge in [0.2, 0.25) is 10.0 Å². The molecule has 4 nitrogen and oxygen atoms in total. The molecule has 0 heterocycles. The minimum absolute atomic E-state index is 0.226. The number of anilines is 2. The quantitative estimate of drug-likeness (QED) is 0.758. The molecular formula is C13H19ClN2O2S. The van der Waals surface area contributed by atoms with Gasteiger partial charge < -0.3 is 5.32 Å². The number of rotatable bonds is 7. The van der Waals surface area contributed by atoms with Gasteiger partial charge in [0, 0.05) is 6.04 Å². The van der Waals surface area contributed by atoms with Gasteiger partial charge in [-0.2, -0.15) is 0 Å². The Morgan fingerprint density at radius 3 is 2.74 bits per heavy atom. The van der Waals surface area contributed by atoms with Crippen LogP contribution in [0.15, 0.2) is 30.9 Å². The molecule has 106 valence electrons. The second-order valence-corrected chi connectivity index (χ2v) is 6.64. The Balaban J connectivity index is 2.82. The van der Waals surface area contributed by atoms with E-state index < -0.39 is 10.0 Å². The predicted molar refractivity (Wildman–Crippen MR) is 82.4 cm³/mol. The number of hydrogen-bond acceptors (Lipinski definition) is 3. The molecule has 0 aromatic heterocycles. The highest BCUT2D eigenvalue weighted by Gasteiger charge is 2.08. The van der Waals surface area contributed by atoms with Gasteiger partial charge in [-0.05, 0) is 38.0 Å². The van der Waals surface area contributed by atoms with Crippen molar-refractivity contribution in [2.24, 2.45) is 0 Å². The molecule has 0 saturated carbocycles. The molecule has 0 aliphatic heterocycles. The minimum atomic E-state index is -3.28. The summed E-state index contributed by atoms with van der Waals surface area (Å²) in [5.41, 5.74) is 1.21. The maximum Gasteiger partial charge on any atom is 0.229 e. The zero-order chi connectivity index (χ0) is 14.5. The summed E-state index contributed by atoms with van der Waals surface area (Å²) < 4.78 is 24.8. The Morgan fingerprint density at radius 2 is 2.16 bits per heavy atom. The van der Waals surface area contributed by atoms with Gasteiger partial charge in [0.15, 0.2) is 0 Å². The molecule has 6 heteroatoms. The van der Waals surface area contributed by atoms with E-state index in [1.54, 1.807) is 18.2 Å². The van der Waals surface area contributed by atoms with Crippen LogP contribution >= 0.6 is 11.6 Å². The monoisotopic (exact) mass is 302 g/mol. The van der Waals surface area contributed by atoms with Crippen molar-refractivity contribution in [3.8, 4) is 0 Å². The molecule has 0 aliphatic rings. The van der Waals surface area contributed by atoms with Gasteiger partial charge >= 0.3 is 0 Å². The molecule has 19 heavy (non-hydrogen) atoms. The molecule has 0 aliphatic carbocycles. The fourth-order valence-corrected chi connectivity index (χ4v) is 2.35. The highest BCUT2D eigenvalue weighted by atomic mass is 35.5. The third-order valence-corrected chi connectivity index (χ3v) is 3.41. The molecule has 0 fully saturated rings. The van der Waals surface area contributed by atoms with E-state index in [9.17, 15) is 8.42 Å². The summed E-state index contributed by atoms with van der Waals surface area (Å²) in [5.74, 6) is 0. The summed E-state index contributed by atoms with van der Waals surface area (Å²) in [4.78, 5) is 0. The van der Waals surface area contributed by atoms with Crippen LogP contribution in [-0.4, -0.2) is 20.7 Å². The third-order valence-electron chi connectivity index (χ3n) is 2.48. The van der Waals surface area contributed by atoms with Gasteiger partial charge in [-0.3, -0.25) is 4.72 Å². The van der Waals surface area contributed by atoms with E-state index in [-0.39, 0.29) is 6.04 Å². The van der Waals surface area contributed by atoms with Crippen molar-refractivity contribution in [2.45, 2.75) is 25.8 Å². The second kappa shape index (κ2) is 6.82. The molecule has 1 aromatic carbocycles. The molecule has 0 amide bonds. The summed E-state index contributed by atoms with van der Waals surface area (Å²) in [6, 6.07) is 5.21. The molecule has 0 spiro atoms. The molecule has 0 bridgehead atoms. The Hall–Kier alpha value is -1.20. The number of benzene rings is 1. The first-order chi connectivity index (χ1) is 8.81. The molecule has 1 rings (SSSR count). The van der Waals surface area contributed by atoms with Crippen LogP contribution in [0.1, 0.15) is 19.8 Å². The van der Waals surface area contributed by atoms with Crippen molar-refractivity contribution in [2.75, 3.05) is 16.3 Å². The number of hydrogen-bond donors (Lipinski definition) is 2. The second-order valence-electron chi connectivity index (χ2n) is 4.48. The predicted octanol–water partition coefficient (Wildman–Crippen LogP) is 3.48. The number of allylic oxidation sites excluding steroid dienone is 1. The zero-order valence-electron chi connectivity index (χ0n) is 11.1. The van der Waals surface area contributed by atoms with E-state index in [0.717, 1.165) is 19.1 Å². The van der Waals surface area contributed by atoms with Gasteiger partial charge in [-0.25, -0.2) is 8.42 Å². The van der Waals surface area contributed by atoms with Crippen molar-refractivity contribution < 1.29 is 8.42 Å². The van der Waals surface area contributed by atoms with Crippen molar-refractivity contribution in [1.82, 2.24) is 0 Å². The maximum atomic E-state index is 11.2. The highest BCUT2D eigenvalue weighted by molar-refractivity contribution is 7.92. The Kier molecular flexibility index (Phi) is 5.69. The summed E-state index contributed by atoms with van der Waals surface area (Å²) in [7, 11) is -3.28. The topological polar surface area (TPSA) is 58.2 Å². The molecule has 0 saturated heterocycles. The third kappa shape index (κ3) is 5.98. The lowest BCUT2D eigenvalue weighted by atomic mass is 10.1. The molecule has 1 unspecified atom stereocenters. The van der Waals surface area contributed by atoms with Gasteiger partial charge in [-0.15, -0.1) is 6.58 Å². The van der Waals surface area contributed by atoms with E-state index in [1.165, 1.54) is 0 Å². The van der Waals surface area contributed by atoms with Crippen LogP contribution in [0, 0.1) is 0 Å². The first-order valence-electron chi connectivity index (χ1n) is 5.96. The average molecular weight is 303 g/mol. The van der Waals surface area contributed by atoms with Gasteiger partial charge in [0.25, 0.3) is 0 Å². The van der Waals surface area contributed by atoms with Crippen molar-refractivity contribution in [1.29, 1.82) is 0 Å². The van der Waals surface area contributed by atoms with Crippen molar-refractivity contribution >= 4 is 33.0 Å². The first-order valence-corrected chi connectivity index (χ1v) is 8.23. The summed E-state index contributed by atoms with van der Waals surface area (Å²) in [5, 5.41) is 3.82. The fraction of sp³-hybridized carbons (Fsp3) is 0.385. The fourth-order valence-electron chi connectivity index (χ4n) is 1.62. The number of nitrogens with one attached hydrogen (secondary N) is 2. The van der Waals surface area contributed by atoms with Crippen LogP contribution in [0.3, 0.4) is 0 Å². The normalized spacial score (nSPS) is 12.8. The first kappa shape index (κ1) is 15.9. The van der Waals surface area contributed by atoms with Gasteiger partial charge in [-0.1, -0.05) is 17.7 Å². The van der Waals surface area contributed by atoms with E-state index in [1.807, 2.05) is 13.0 Å². The molecule has 1 aromatic rings. The van der Waals surface area contributed by atoms with Crippen LogP contribution < -0.4 is 10.0 Å². The lowest BCUT2D eigenvalue weighted by Crippen LogP contribution is -2.15. The van der Waals surface area contributed by atoms with Crippen molar-refractivity contribution in [3.05, 3.63) is 35.9 Å². The van der Waals surface area contributed by atoms with Crippen molar-refractivity contribution in [3.63, 3.8) is 0 Å². The summed E-state index contributed by atoms with van der Waals surface area (Å²) in [6.07, 6.45) is 4.82. The van der Waals surface area contributed by atoms with Crippen LogP contribution in [0.25, 0.3) is 0 Å².